The van der Waals surface area contributed by atoms with Crippen molar-refractivity contribution in [2.24, 2.45) is 0 Å². The molecule has 2 amide bonds. The molecule has 4 nitrogen and oxygen atoms in total. The molecule has 1 heterocycles. The lowest BCUT2D eigenvalue weighted by molar-refractivity contribution is -0.115. The van der Waals surface area contributed by atoms with Crippen molar-refractivity contribution in [3.63, 3.8) is 0 Å². The molecule has 0 aliphatic carbocycles. The van der Waals surface area contributed by atoms with Gasteiger partial charge in [-0.3, -0.25) is 14.5 Å². The van der Waals surface area contributed by atoms with Gasteiger partial charge in [0.25, 0.3) is 5.91 Å². The molecule has 0 spiro atoms. The van der Waals surface area contributed by atoms with Crippen molar-refractivity contribution < 1.29 is 9.59 Å². The summed E-state index contributed by atoms with van der Waals surface area (Å²) in [7, 11) is 0. The highest BCUT2D eigenvalue weighted by atomic mass is 32.2. The Morgan fingerprint density at radius 3 is 2.50 bits per heavy atom. The van der Waals surface area contributed by atoms with Crippen molar-refractivity contribution in [3.8, 4) is 0 Å². The molecule has 1 fully saturated rings. The highest BCUT2D eigenvalue weighted by molar-refractivity contribution is 8.00. The number of nitrogens with zero attached hydrogens (tertiary/aromatic N) is 1. The molecule has 1 saturated heterocycles. The average Bonchev–Trinajstić information content (AvgIpc) is 3.16. The molecule has 4 rings (SSSR count). The molecule has 3 aromatic carbocycles. The number of aryl methyl sites for hydroxylation is 2. The predicted molar refractivity (Wildman–Crippen MR) is 124 cm³/mol. The number of carbonyl (C=O) groups is 2. The number of anilines is 2. The summed E-state index contributed by atoms with van der Waals surface area (Å²) in [6.45, 7) is 4.11. The molecule has 1 atom stereocenters. The van der Waals surface area contributed by atoms with Crippen LogP contribution in [-0.2, 0) is 11.2 Å². The Labute approximate surface area is 181 Å². The molecule has 0 aromatic heterocycles. The normalized spacial score (nSPS) is 16.0. The summed E-state index contributed by atoms with van der Waals surface area (Å²) in [6.07, 6.45) is 0.934. The van der Waals surface area contributed by atoms with E-state index in [2.05, 4.69) is 24.4 Å². The van der Waals surface area contributed by atoms with Crippen molar-refractivity contribution in [1.82, 2.24) is 0 Å². The largest absolute Gasteiger partial charge is 0.322 e. The fraction of sp³-hybridized carbons (Fsp3) is 0.200. The zero-order chi connectivity index (χ0) is 21.1. The Hall–Kier alpha value is -3.05. The zero-order valence-electron chi connectivity index (χ0n) is 17.1. The van der Waals surface area contributed by atoms with Gasteiger partial charge in [0, 0.05) is 16.9 Å². The van der Waals surface area contributed by atoms with Gasteiger partial charge in [-0.1, -0.05) is 48.9 Å². The lowest BCUT2D eigenvalue weighted by Gasteiger charge is -2.25. The molecular formula is C25H24N2O2S. The zero-order valence-corrected chi connectivity index (χ0v) is 17.9. The Morgan fingerprint density at radius 1 is 1.07 bits per heavy atom. The summed E-state index contributed by atoms with van der Waals surface area (Å²) in [6, 6.07) is 23.4. The fourth-order valence-corrected chi connectivity index (χ4v) is 4.69. The second-order valence-electron chi connectivity index (χ2n) is 7.39. The van der Waals surface area contributed by atoms with Gasteiger partial charge in [-0.25, -0.2) is 0 Å². The van der Waals surface area contributed by atoms with E-state index in [1.165, 1.54) is 5.56 Å². The van der Waals surface area contributed by atoms with Crippen molar-refractivity contribution in [2.75, 3.05) is 16.0 Å². The molecule has 5 heteroatoms. The molecular weight excluding hydrogens is 392 g/mol. The Kier molecular flexibility index (Phi) is 5.91. The molecule has 3 aromatic rings. The van der Waals surface area contributed by atoms with E-state index in [9.17, 15) is 9.59 Å². The first-order valence-corrected chi connectivity index (χ1v) is 11.1. The van der Waals surface area contributed by atoms with E-state index < -0.39 is 0 Å². The highest BCUT2D eigenvalue weighted by Gasteiger charge is 2.34. The monoisotopic (exact) mass is 416 g/mol. The minimum absolute atomic E-state index is 0.0635. The second kappa shape index (κ2) is 8.76. The number of benzene rings is 3. The van der Waals surface area contributed by atoms with E-state index in [0.29, 0.717) is 11.3 Å². The van der Waals surface area contributed by atoms with E-state index in [1.807, 2.05) is 72.5 Å². The van der Waals surface area contributed by atoms with Crippen molar-refractivity contribution >= 4 is 35.0 Å². The molecule has 0 radical (unpaired) electrons. The number of hydrogen-bond donors (Lipinski definition) is 1. The summed E-state index contributed by atoms with van der Waals surface area (Å²) >= 11 is 1.63. The molecule has 1 N–H and O–H groups in total. The predicted octanol–water partition coefficient (Wildman–Crippen LogP) is 5.59. The third kappa shape index (κ3) is 4.26. The van der Waals surface area contributed by atoms with Gasteiger partial charge in [0.05, 0.1) is 5.75 Å². The molecule has 152 valence electrons. The minimum atomic E-state index is -0.133. The number of carbonyl (C=O) groups excluding carboxylic acids is 2. The molecule has 0 unspecified atom stereocenters. The molecule has 0 bridgehead atoms. The molecule has 1 aliphatic heterocycles. The van der Waals surface area contributed by atoms with Crippen LogP contribution in [0.4, 0.5) is 11.4 Å². The standard InChI is InChI=1S/C25H24N2O2S/c1-3-18-5-4-6-22(15-18)27-23(28)16-30-25(27)20-11-13-21(14-12-20)26-24(29)19-9-7-17(2)8-10-19/h4-15,25H,3,16H2,1-2H3,(H,26,29)/t25-/m0/s1. The van der Waals surface area contributed by atoms with E-state index >= 15 is 0 Å². The maximum atomic E-state index is 12.6. The van der Waals surface area contributed by atoms with Crippen LogP contribution in [0.2, 0.25) is 0 Å². The van der Waals surface area contributed by atoms with E-state index in [0.717, 1.165) is 28.9 Å². The summed E-state index contributed by atoms with van der Waals surface area (Å²) in [4.78, 5) is 26.9. The third-order valence-electron chi connectivity index (χ3n) is 5.23. The third-order valence-corrected chi connectivity index (χ3v) is 6.44. The summed E-state index contributed by atoms with van der Waals surface area (Å²) < 4.78 is 0. The van der Waals surface area contributed by atoms with Crippen LogP contribution >= 0.6 is 11.8 Å². The Bertz CT molecular complexity index is 1060. The highest BCUT2D eigenvalue weighted by Crippen LogP contribution is 2.42. The van der Waals surface area contributed by atoms with Gasteiger partial charge in [-0.2, -0.15) is 0 Å². The van der Waals surface area contributed by atoms with Gasteiger partial charge in [-0.05, 0) is 60.9 Å². The summed E-state index contributed by atoms with van der Waals surface area (Å²) in [5.41, 5.74) is 5.67. The van der Waals surface area contributed by atoms with Crippen LogP contribution in [0.1, 0.15) is 39.3 Å². The summed E-state index contributed by atoms with van der Waals surface area (Å²) in [5.74, 6) is 0.452. The Morgan fingerprint density at radius 2 is 1.80 bits per heavy atom. The van der Waals surface area contributed by atoms with Gasteiger partial charge in [0.1, 0.15) is 5.37 Å². The number of hydrogen-bond acceptors (Lipinski definition) is 3. The Balaban J connectivity index is 1.51. The van der Waals surface area contributed by atoms with Gasteiger partial charge < -0.3 is 5.32 Å². The van der Waals surface area contributed by atoms with Crippen LogP contribution in [-0.4, -0.2) is 17.6 Å². The lowest BCUT2D eigenvalue weighted by Crippen LogP contribution is -2.27. The number of thioether (sulfide) groups is 1. The van der Waals surface area contributed by atoms with Crippen LogP contribution in [0, 0.1) is 6.92 Å². The molecule has 0 saturated carbocycles. The van der Waals surface area contributed by atoms with Gasteiger partial charge in [0.15, 0.2) is 0 Å². The topological polar surface area (TPSA) is 49.4 Å². The van der Waals surface area contributed by atoms with Crippen LogP contribution in [0.3, 0.4) is 0 Å². The lowest BCUT2D eigenvalue weighted by atomic mass is 10.1. The number of rotatable bonds is 5. The first-order valence-electron chi connectivity index (χ1n) is 10.1. The van der Waals surface area contributed by atoms with E-state index in [-0.39, 0.29) is 17.2 Å². The van der Waals surface area contributed by atoms with E-state index in [1.54, 1.807) is 11.8 Å². The molecule has 30 heavy (non-hydrogen) atoms. The minimum Gasteiger partial charge on any atom is -0.322 e. The first kappa shape index (κ1) is 20.2. The quantitative estimate of drug-likeness (QED) is 0.590. The molecule has 1 aliphatic rings. The fourth-order valence-electron chi connectivity index (χ4n) is 3.52. The van der Waals surface area contributed by atoms with E-state index in [4.69, 9.17) is 0 Å². The maximum Gasteiger partial charge on any atom is 0.255 e. The van der Waals surface area contributed by atoms with Gasteiger partial charge in [0.2, 0.25) is 5.91 Å². The summed E-state index contributed by atoms with van der Waals surface area (Å²) in [5, 5.41) is 2.87. The smallest absolute Gasteiger partial charge is 0.255 e. The average molecular weight is 417 g/mol. The van der Waals surface area contributed by atoms with Crippen LogP contribution in [0.25, 0.3) is 0 Å². The van der Waals surface area contributed by atoms with Crippen molar-refractivity contribution in [3.05, 3.63) is 95.1 Å². The van der Waals surface area contributed by atoms with Crippen LogP contribution < -0.4 is 10.2 Å². The first-order chi connectivity index (χ1) is 14.5. The maximum absolute atomic E-state index is 12.6. The SMILES string of the molecule is CCc1cccc(N2C(=O)CS[C@H]2c2ccc(NC(=O)c3ccc(C)cc3)cc2)c1. The van der Waals surface area contributed by atoms with Gasteiger partial charge >= 0.3 is 0 Å². The van der Waals surface area contributed by atoms with Crippen molar-refractivity contribution in [2.45, 2.75) is 25.6 Å². The second-order valence-corrected chi connectivity index (χ2v) is 8.46. The number of nitrogens with one attached hydrogen (secondary N) is 1. The van der Waals surface area contributed by atoms with Crippen LogP contribution in [0.5, 0.6) is 0 Å². The van der Waals surface area contributed by atoms with Gasteiger partial charge in [-0.15, -0.1) is 11.8 Å². The van der Waals surface area contributed by atoms with Crippen molar-refractivity contribution in [1.29, 1.82) is 0 Å². The van der Waals surface area contributed by atoms with Crippen LogP contribution in [0.15, 0.2) is 72.8 Å². The number of amides is 2.